The zero-order chi connectivity index (χ0) is 25.0. The van der Waals surface area contributed by atoms with E-state index in [-0.39, 0.29) is 43.1 Å². The van der Waals surface area contributed by atoms with E-state index >= 15 is 0 Å². The smallest absolute Gasteiger partial charge is 0.247 e. The summed E-state index contributed by atoms with van der Waals surface area (Å²) in [7, 11) is 1.57. The van der Waals surface area contributed by atoms with E-state index in [0.29, 0.717) is 18.8 Å². The Morgan fingerprint density at radius 1 is 1.09 bits per heavy atom. The molecule has 1 fully saturated rings. The van der Waals surface area contributed by atoms with Gasteiger partial charge in [-0.25, -0.2) is 4.98 Å². The molecule has 0 aliphatic heterocycles. The minimum absolute atomic E-state index is 0.144. The lowest BCUT2D eigenvalue weighted by molar-refractivity contribution is -0.142. The number of ether oxygens (including phenoxy) is 1. The largest absolute Gasteiger partial charge is 0.383 e. The van der Waals surface area contributed by atoms with Gasteiger partial charge >= 0.3 is 0 Å². The van der Waals surface area contributed by atoms with Crippen LogP contribution in [0.5, 0.6) is 0 Å². The molecule has 1 aliphatic carbocycles. The van der Waals surface area contributed by atoms with E-state index in [2.05, 4.69) is 15.6 Å². The highest BCUT2D eigenvalue weighted by atomic mass is 16.5. The van der Waals surface area contributed by atoms with Crippen molar-refractivity contribution in [2.75, 3.05) is 25.6 Å². The molecule has 0 radical (unpaired) electrons. The molecule has 2 aromatic rings. The topological polar surface area (TPSA) is 101 Å². The van der Waals surface area contributed by atoms with Gasteiger partial charge in [-0.15, -0.1) is 0 Å². The van der Waals surface area contributed by atoms with Crippen LogP contribution in [0.15, 0.2) is 48.7 Å². The summed E-state index contributed by atoms with van der Waals surface area (Å²) in [5, 5.41) is 5.89. The van der Waals surface area contributed by atoms with Gasteiger partial charge in [0.2, 0.25) is 17.7 Å². The summed E-state index contributed by atoms with van der Waals surface area (Å²) in [4.78, 5) is 44.8. The first-order valence-electron chi connectivity index (χ1n) is 12.3. The summed E-state index contributed by atoms with van der Waals surface area (Å²) in [6.07, 6.45) is 6.44. The summed E-state index contributed by atoms with van der Waals surface area (Å²) in [6, 6.07) is 12.4. The number of nitrogens with one attached hydrogen (secondary N) is 2. The molecule has 3 amide bonds. The molecule has 8 nitrogen and oxygen atoms in total. The third-order valence-corrected chi connectivity index (χ3v) is 6.24. The van der Waals surface area contributed by atoms with E-state index in [1.165, 1.54) is 0 Å². The highest BCUT2D eigenvalue weighted by molar-refractivity contribution is 5.91. The maximum atomic E-state index is 13.5. The lowest BCUT2D eigenvalue weighted by Gasteiger charge is -2.32. The second-order valence-corrected chi connectivity index (χ2v) is 9.00. The Bertz CT molecular complexity index is 959. The Morgan fingerprint density at radius 3 is 2.49 bits per heavy atom. The van der Waals surface area contributed by atoms with Crippen molar-refractivity contribution in [2.24, 2.45) is 0 Å². The number of aromatic nitrogens is 1. The van der Waals surface area contributed by atoms with Crippen molar-refractivity contribution in [1.82, 2.24) is 15.2 Å². The van der Waals surface area contributed by atoms with Gasteiger partial charge in [0.25, 0.3) is 0 Å². The Hall–Kier alpha value is -3.26. The van der Waals surface area contributed by atoms with Gasteiger partial charge in [-0.1, -0.05) is 48.7 Å². The fourth-order valence-electron chi connectivity index (χ4n) is 4.35. The molecule has 1 aromatic heterocycles. The van der Waals surface area contributed by atoms with Gasteiger partial charge in [0.1, 0.15) is 11.9 Å². The van der Waals surface area contributed by atoms with Crippen molar-refractivity contribution in [3.05, 3.63) is 59.8 Å². The number of methoxy groups -OCH3 is 1. The Kier molecular flexibility index (Phi) is 10.2. The number of hydrogen-bond acceptors (Lipinski definition) is 5. The van der Waals surface area contributed by atoms with Gasteiger partial charge in [0, 0.05) is 38.7 Å². The van der Waals surface area contributed by atoms with E-state index in [0.717, 1.165) is 36.8 Å². The van der Waals surface area contributed by atoms with Crippen LogP contribution < -0.4 is 10.6 Å². The first-order valence-corrected chi connectivity index (χ1v) is 12.3. The summed E-state index contributed by atoms with van der Waals surface area (Å²) in [5.41, 5.74) is 1.85. The van der Waals surface area contributed by atoms with Gasteiger partial charge in [0.15, 0.2) is 0 Å². The lowest BCUT2D eigenvalue weighted by Crippen LogP contribution is -2.47. The number of benzene rings is 1. The number of nitrogens with zero attached hydrogens (tertiary/aromatic N) is 2. The molecule has 1 saturated carbocycles. The molecular formula is C27H36N4O4. The average Bonchev–Trinajstić information content (AvgIpc) is 3.36. The molecule has 0 bridgehead atoms. The van der Waals surface area contributed by atoms with Crippen LogP contribution in [-0.4, -0.2) is 53.9 Å². The zero-order valence-corrected chi connectivity index (χ0v) is 20.7. The molecule has 1 aliphatic rings. The molecular weight excluding hydrogens is 444 g/mol. The van der Waals surface area contributed by atoms with Gasteiger partial charge in [-0.2, -0.15) is 0 Å². The van der Waals surface area contributed by atoms with Crippen LogP contribution in [0.3, 0.4) is 0 Å². The Labute approximate surface area is 207 Å². The second kappa shape index (κ2) is 13.6. The quantitative estimate of drug-likeness (QED) is 0.482. The predicted octanol–water partition coefficient (Wildman–Crippen LogP) is 3.77. The molecule has 35 heavy (non-hydrogen) atoms. The summed E-state index contributed by atoms with van der Waals surface area (Å²) in [5.74, 6) is -0.0690. The molecule has 2 N–H and O–H groups in total. The van der Waals surface area contributed by atoms with E-state index in [4.69, 9.17) is 4.74 Å². The average molecular weight is 481 g/mol. The molecule has 8 heteroatoms. The van der Waals surface area contributed by atoms with Gasteiger partial charge in [-0.05, 0) is 43.9 Å². The number of anilines is 1. The van der Waals surface area contributed by atoms with E-state index in [9.17, 15) is 14.4 Å². The van der Waals surface area contributed by atoms with Gasteiger partial charge < -0.3 is 20.3 Å². The molecule has 1 heterocycles. The molecule has 1 aromatic carbocycles. The second-order valence-electron chi connectivity index (χ2n) is 9.00. The van der Waals surface area contributed by atoms with Crippen molar-refractivity contribution >= 4 is 23.5 Å². The fraction of sp³-hybridized carbons (Fsp3) is 0.481. The van der Waals surface area contributed by atoms with Crippen LogP contribution in [0.4, 0.5) is 5.82 Å². The van der Waals surface area contributed by atoms with Crippen LogP contribution in [0.2, 0.25) is 0 Å². The summed E-state index contributed by atoms with van der Waals surface area (Å²) >= 11 is 0. The molecule has 0 saturated heterocycles. The minimum Gasteiger partial charge on any atom is -0.383 e. The number of pyridine rings is 1. The molecule has 3 rings (SSSR count). The minimum atomic E-state index is -0.749. The van der Waals surface area contributed by atoms with Crippen LogP contribution in [0, 0.1) is 6.92 Å². The third kappa shape index (κ3) is 8.17. The van der Waals surface area contributed by atoms with E-state index in [1.807, 2.05) is 31.2 Å². The maximum absolute atomic E-state index is 13.5. The zero-order valence-electron chi connectivity index (χ0n) is 20.7. The van der Waals surface area contributed by atoms with E-state index < -0.39 is 6.04 Å². The first-order chi connectivity index (χ1) is 17.0. The number of amides is 3. The summed E-state index contributed by atoms with van der Waals surface area (Å²) in [6.45, 7) is 2.58. The molecule has 0 unspecified atom stereocenters. The highest BCUT2D eigenvalue weighted by Crippen LogP contribution is 2.25. The van der Waals surface area contributed by atoms with Crippen molar-refractivity contribution in [3.63, 3.8) is 0 Å². The van der Waals surface area contributed by atoms with Gasteiger partial charge in [0.05, 0.1) is 6.61 Å². The summed E-state index contributed by atoms with van der Waals surface area (Å²) < 4.78 is 5.25. The van der Waals surface area contributed by atoms with Gasteiger partial charge in [-0.3, -0.25) is 14.4 Å². The van der Waals surface area contributed by atoms with Crippen molar-refractivity contribution in [2.45, 2.75) is 64.0 Å². The Morgan fingerprint density at radius 2 is 1.83 bits per heavy atom. The number of rotatable bonds is 12. The predicted molar refractivity (Wildman–Crippen MR) is 135 cm³/mol. The van der Waals surface area contributed by atoms with Crippen molar-refractivity contribution in [1.29, 1.82) is 0 Å². The van der Waals surface area contributed by atoms with Crippen LogP contribution in [0.25, 0.3) is 0 Å². The van der Waals surface area contributed by atoms with Crippen molar-refractivity contribution in [3.8, 4) is 0 Å². The van der Waals surface area contributed by atoms with Crippen LogP contribution >= 0.6 is 0 Å². The molecule has 1 atom stereocenters. The highest BCUT2D eigenvalue weighted by Gasteiger charge is 2.32. The molecule has 188 valence electrons. The standard InChI is InChI=1S/C27H36N4O4/c1-20-13-15-21(16-14-20)26(27(34)29-22-8-3-4-9-22)31(18-19-35-2)25(33)12-7-11-24(32)30-23-10-5-6-17-28-23/h5-6,10,13-17,22,26H,3-4,7-9,11-12,18-19H2,1-2H3,(H,29,34)(H,28,30,32)/t26-/m1/s1. The number of carbonyl (C=O) groups excluding carboxylic acids is 3. The fourth-order valence-corrected chi connectivity index (χ4v) is 4.35. The number of carbonyl (C=O) groups is 3. The number of hydrogen-bond donors (Lipinski definition) is 2. The van der Waals surface area contributed by atoms with E-state index in [1.54, 1.807) is 36.4 Å². The number of aryl methyl sites for hydroxylation is 1. The van der Waals surface area contributed by atoms with Crippen LogP contribution in [-0.2, 0) is 19.1 Å². The van der Waals surface area contributed by atoms with Crippen LogP contribution in [0.1, 0.15) is 62.1 Å². The van der Waals surface area contributed by atoms with Crippen molar-refractivity contribution < 1.29 is 19.1 Å². The Balaban J connectivity index is 1.69. The maximum Gasteiger partial charge on any atom is 0.247 e. The normalized spacial score (nSPS) is 14.3. The SMILES string of the molecule is COCCN(C(=O)CCCC(=O)Nc1ccccn1)[C@@H](C(=O)NC1CCCC1)c1ccc(C)cc1. The first kappa shape index (κ1) is 26.3. The third-order valence-electron chi connectivity index (χ3n) is 6.24. The lowest BCUT2D eigenvalue weighted by atomic mass is 10.0. The monoisotopic (exact) mass is 480 g/mol. The molecule has 0 spiro atoms.